The molecule has 3 aromatic heterocycles. The first-order valence-corrected chi connectivity index (χ1v) is 9.84. The van der Waals surface area contributed by atoms with Gasteiger partial charge in [-0.25, -0.2) is 18.7 Å². The number of benzene rings is 1. The third-order valence-corrected chi connectivity index (χ3v) is 6.04. The van der Waals surface area contributed by atoms with Gasteiger partial charge in [-0.2, -0.15) is 5.10 Å². The summed E-state index contributed by atoms with van der Waals surface area (Å²) in [5.41, 5.74) is 5.91. The molecule has 30 heavy (non-hydrogen) atoms. The Bertz CT molecular complexity index is 1350. The van der Waals surface area contributed by atoms with Crippen LogP contribution in [0.5, 0.6) is 0 Å². The summed E-state index contributed by atoms with van der Waals surface area (Å²) in [5.74, 6) is -0.538. The zero-order chi connectivity index (χ0) is 21.3. The number of rotatable bonds is 6. The molecule has 0 spiro atoms. The van der Waals surface area contributed by atoms with Crippen LogP contribution in [0.1, 0.15) is 17.3 Å². The van der Waals surface area contributed by atoms with Gasteiger partial charge in [0, 0.05) is 27.8 Å². The Morgan fingerprint density at radius 3 is 2.80 bits per heavy atom. The third kappa shape index (κ3) is 3.74. The maximum absolute atomic E-state index is 14.5. The third-order valence-electron chi connectivity index (χ3n) is 4.81. The standard InChI is InChI=1S/C20H17F2N5O2S/c21-8-11(9-23)5-15(27-10-24-26-20(27)29)17-3-2-16(30-17)13-6-12-1-4-18(28)25-19(12)14(22)7-13/h1-4,6-8,10,15H,5,9,23H2,(H,25,28)(H,26,29)/b11-8+. The first-order valence-electron chi connectivity index (χ1n) is 9.02. The van der Waals surface area contributed by atoms with Crippen LogP contribution in [-0.4, -0.2) is 26.3 Å². The lowest BCUT2D eigenvalue weighted by Gasteiger charge is -2.16. The minimum Gasteiger partial charge on any atom is -0.327 e. The van der Waals surface area contributed by atoms with Gasteiger partial charge in [-0.3, -0.25) is 9.36 Å². The highest BCUT2D eigenvalue weighted by Gasteiger charge is 2.21. The van der Waals surface area contributed by atoms with Crippen LogP contribution in [0.4, 0.5) is 8.78 Å². The molecule has 7 nitrogen and oxygen atoms in total. The van der Waals surface area contributed by atoms with E-state index < -0.39 is 17.5 Å². The molecule has 0 aliphatic carbocycles. The lowest BCUT2D eigenvalue weighted by molar-refractivity contribution is 0.556. The second-order valence-electron chi connectivity index (χ2n) is 6.71. The number of fused-ring (bicyclic) bond motifs is 1. The predicted octanol–water partition coefficient (Wildman–Crippen LogP) is 3.07. The molecule has 0 bridgehead atoms. The minimum atomic E-state index is -0.538. The van der Waals surface area contributed by atoms with Crippen molar-refractivity contribution >= 4 is 22.2 Å². The van der Waals surface area contributed by atoms with Gasteiger partial charge in [-0.1, -0.05) is 0 Å². The maximum Gasteiger partial charge on any atom is 0.343 e. The Morgan fingerprint density at radius 1 is 1.27 bits per heavy atom. The molecule has 0 aliphatic heterocycles. The van der Waals surface area contributed by atoms with Crippen LogP contribution >= 0.6 is 11.3 Å². The van der Waals surface area contributed by atoms with Crippen molar-refractivity contribution in [3.63, 3.8) is 0 Å². The highest BCUT2D eigenvalue weighted by molar-refractivity contribution is 7.15. The molecule has 1 aromatic carbocycles. The molecule has 154 valence electrons. The van der Waals surface area contributed by atoms with Gasteiger partial charge in [0.25, 0.3) is 0 Å². The van der Waals surface area contributed by atoms with Gasteiger partial charge in [-0.15, -0.1) is 11.3 Å². The number of nitrogens with two attached hydrogens (primary N) is 1. The van der Waals surface area contributed by atoms with Gasteiger partial charge in [-0.05, 0) is 47.9 Å². The predicted molar refractivity (Wildman–Crippen MR) is 112 cm³/mol. The van der Waals surface area contributed by atoms with E-state index in [0.29, 0.717) is 22.9 Å². The van der Waals surface area contributed by atoms with Gasteiger partial charge in [0.1, 0.15) is 12.1 Å². The van der Waals surface area contributed by atoms with Crippen molar-refractivity contribution in [2.45, 2.75) is 12.5 Å². The monoisotopic (exact) mass is 429 g/mol. The molecule has 4 aromatic rings. The quantitative estimate of drug-likeness (QED) is 0.438. The molecule has 0 fully saturated rings. The van der Waals surface area contributed by atoms with Crippen molar-refractivity contribution in [2.75, 3.05) is 6.54 Å². The summed E-state index contributed by atoms with van der Waals surface area (Å²) in [6.45, 7) is 0.0198. The van der Waals surface area contributed by atoms with Crippen molar-refractivity contribution in [2.24, 2.45) is 5.73 Å². The van der Waals surface area contributed by atoms with Gasteiger partial charge in [0.15, 0.2) is 0 Å². The van der Waals surface area contributed by atoms with Gasteiger partial charge in [0.2, 0.25) is 5.56 Å². The molecule has 4 N–H and O–H groups in total. The van der Waals surface area contributed by atoms with Crippen molar-refractivity contribution in [3.05, 3.63) is 86.2 Å². The van der Waals surface area contributed by atoms with E-state index >= 15 is 0 Å². The zero-order valence-corrected chi connectivity index (χ0v) is 16.4. The Morgan fingerprint density at radius 2 is 2.10 bits per heavy atom. The summed E-state index contributed by atoms with van der Waals surface area (Å²) >= 11 is 1.35. The van der Waals surface area contributed by atoms with Gasteiger partial charge < -0.3 is 10.7 Å². The molecule has 0 saturated carbocycles. The fourth-order valence-corrected chi connectivity index (χ4v) is 4.38. The van der Waals surface area contributed by atoms with E-state index in [1.54, 1.807) is 12.1 Å². The highest BCUT2D eigenvalue weighted by atomic mass is 32.1. The van der Waals surface area contributed by atoms with Crippen LogP contribution in [0, 0.1) is 5.82 Å². The molecule has 3 heterocycles. The molecule has 4 rings (SSSR count). The van der Waals surface area contributed by atoms with Gasteiger partial charge in [0.05, 0.1) is 17.9 Å². The van der Waals surface area contributed by atoms with Crippen molar-refractivity contribution in [1.82, 2.24) is 19.7 Å². The number of thiophene rings is 1. The number of hydrogen-bond acceptors (Lipinski definition) is 5. The summed E-state index contributed by atoms with van der Waals surface area (Å²) in [6.07, 6.45) is 2.00. The van der Waals surface area contributed by atoms with Crippen LogP contribution in [0.3, 0.4) is 0 Å². The average Bonchev–Trinajstić information content (AvgIpc) is 3.39. The molecule has 10 heteroatoms. The Balaban J connectivity index is 1.77. The van der Waals surface area contributed by atoms with Crippen LogP contribution in [-0.2, 0) is 0 Å². The highest BCUT2D eigenvalue weighted by Crippen LogP contribution is 2.36. The zero-order valence-electron chi connectivity index (χ0n) is 15.6. The normalized spacial score (nSPS) is 13.1. The maximum atomic E-state index is 14.5. The Labute approximate surface area is 172 Å². The summed E-state index contributed by atoms with van der Waals surface area (Å²) in [7, 11) is 0. The first kappa shape index (κ1) is 19.9. The van der Waals surface area contributed by atoms with E-state index in [4.69, 9.17) is 5.73 Å². The lowest BCUT2D eigenvalue weighted by Crippen LogP contribution is -2.23. The van der Waals surface area contributed by atoms with Gasteiger partial charge >= 0.3 is 5.69 Å². The minimum absolute atomic E-state index is 0.0198. The molecule has 1 unspecified atom stereocenters. The molecule has 1 atom stereocenters. The number of nitrogens with one attached hydrogen (secondary N) is 2. The van der Waals surface area contributed by atoms with Crippen LogP contribution in [0.25, 0.3) is 21.3 Å². The number of aromatic amines is 2. The average molecular weight is 429 g/mol. The van der Waals surface area contributed by atoms with E-state index in [2.05, 4.69) is 15.2 Å². The number of halogens is 2. The molecular weight excluding hydrogens is 412 g/mol. The lowest BCUT2D eigenvalue weighted by atomic mass is 10.1. The van der Waals surface area contributed by atoms with E-state index in [0.717, 1.165) is 9.75 Å². The molecule has 0 aliphatic rings. The van der Waals surface area contributed by atoms with E-state index in [1.165, 1.54) is 34.4 Å². The second kappa shape index (κ2) is 8.17. The van der Waals surface area contributed by atoms with E-state index in [1.807, 2.05) is 12.1 Å². The smallest absolute Gasteiger partial charge is 0.327 e. The van der Waals surface area contributed by atoms with Crippen molar-refractivity contribution < 1.29 is 8.78 Å². The number of nitrogens with zero attached hydrogens (tertiary/aromatic N) is 2. The van der Waals surface area contributed by atoms with Crippen LogP contribution in [0.15, 0.2) is 64.2 Å². The molecular formula is C20H17F2N5O2S. The fraction of sp³-hybridized carbons (Fsp3) is 0.150. The van der Waals surface area contributed by atoms with E-state index in [-0.39, 0.29) is 24.0 Å². The second-order valence-corrected chi connectivity index (χ2v) is 7.82. The number of pyridine rings is 1. The topological polar surface area (TPSA) is 110 Å². The summed E-state index contributed by atoms with van der Waals surface area (Å²) in [5, 5.41) is 6.65. The number of H-pyrrole nitrogens is 2. The Kier molecular flexibility index (Phi) is 5.42. The SMILES string of the molecule is NC/C(=C/F)CC(c1ccc(-c2cc(F)c3[nH]c(=O)ccc3c2)s1)n1cn[nH]c1=O. The van der Waals surface area contributed by atoms with Crippen LogP contribution in [0.2, 0.25) is 0 Å². The number of hydrogen-bond donors (Lipinski definition) is 3. The van der Waals surface area contributed by atoms with Crippen molar-refractivity contribution in [3.8, 4) is 10.4 Å². The summed E-state index contributed by atoms with van der Waals surface area (Å²) < 4.78 is 29.1. The van der Waals surface area contributed by atoms with Crippen molar-refractivity contribution in [1.29, 1.82) is 0 Å². The molecule has 0 saturated heterocycles. The summed E-state index contributed by atoms with van der Waals surface area (Å²) in [6, 6.07) is 9.13. The van der Waals surface area contributed by atoms with Crippen LogP contribution < -0.4 is 17.0 Å². The molecule has 0 radical (unpaired) electrons. The van der Waals surface area contributed by atoms with E-state index in [9.17, 15) is 18.4 Å². The number of aromatic nitrogens is 4. The summed E-state index contributed by atoms with van der Waals surface area (Å²) in [4.78, 5) is 27.6. The molecule has 0 amide bonds. The first-order chi connectivity index (χ1) is 14.5. The Hall–Kier alpha value is -3.37. The largest absolute Gasteiger partial charge is 0.343 e. The fourth-order valence-electron chi connectivity index (χ4n) is 3.29.